The molecule has 9 heteroatoms. The standard InChI is InChI=1S/C17H27N3O4S.ClH/c1-13(2)24-16-8-6-14(7-9-16)19-25(22,23)12-17(21)20-10-4-5-15(20)11-18-3;/h6-9,13,15,18-19H,4-5,10-12H2,1-3H3;1H. The van der Waals surface area contributed by atoms with Crippen molar-refractivity contribution in [1.29, 1.82) is 0 Å². The number of ether oxygens (including phenoxy) is 1. The van der Waals surface area contributed by atoms with Crippen LogP contribution in [-0.4, -0.2) is 57.3 Å². The first kappa shape index (κ1) is 22.5. The molecule has 1 aliphatic heterocycles. The van der Waals surface area contributed by atoms with Crippen LogP contribution in [0.25, 0.3) is 0 Å². The van der Waals surface area contributed by atoms with Crippen molar-refractivity contribution in [1.82, 2.24) is 10.2 Å². The fourth-order valence-electron chi connectivity index (χ4n) is 2.95. The highest BCUT2D eigenvalue weighted by Gasteiger charge is 2.30. The summed E-state index contributed by atoms with van der Waals surface area (Å²) in [5, 5.41) is 3.04. The van der Waals surface area contributed by atoms with E-state index in [0.29, 0.717) is 24.5 Å². The summed E-state index contributed by atoms with van der Waals surface area (Å²) in [6.07, 6.45) is 1.85. The summed E-state index contributed by atoms with van der Waals surface area (Å²) < 4.78 is 32.6. The number of rotatable bonds is 8. The summed E-state index contributed by atoms with van der Waals surface area (Å²) >= 11 is 0. The van der Waals surface area contributed by atoms with Crippen molar-refractivity contribution in [2.75, 3.05) is 30.6 Å². The third-order valence-electron chi connectivity index (χ3n) is 3.95. The number of hydrogen-bond acceptors (Lipinski definition) is 5. The summed E-state index contributed by atoms with van der Waals surface area (Å²) in [5.74, 6) is -0.233. The smallest absolute Gasteiger partial charge is 0.241 e. The number of likely N-dealkylation sites (tertiary alicyclic amines) is 1. The molecule has 1 heterocycles. The number of carbonyl (C=O) groups excluding carboxylic acids is 1. The molecule has 1 fully saturated rings. The number of nitrogens with zero attached hydrogens (tertiary/aromatic N) is 1. The zero-order valence-electron chi connectivity index (χ0n) is 15.4. The summed E-state index contributed by atoms with van der Waals surface area (Å²) in [5.41, 5.74) is 0.414. The van der Waals surface area contributed by atoms with E-state index in [9.17, 15) is 13.2 Å². The Morgan fingerprint density at radius 2 is 1.96 bits per heavy atom. The van der Waals surface area contributed by atoms with Crippen LogP contribution in [0.3, 0.4) is 0 Å². The van der Waals surface area contributed by atoms with E-state index in [1.165, 1.54) is 0 Å². The van der Waals surface area contributed by atoms with Crippen molar-refractivity contribution in [2.24, 2.45) is 0 Å². The fourth-order valence-corrected chi connectivity index (χ4v) is 4.01. The SMILES string of the molecule is CNCC1CCCN1C(=O)CS(=O)(=O)Nc1ccc(OC(C)C)cc1.Cl. The van der Waals surface area contributed by atoms with Gasteiger partial charge in [-0.05, 0) is 58.0 Å². The number of nitrogens with one attached hydrogen (secondary N) is 2. The van der Waals surface area contributed by atoms with Crippen molar-refractivity contribution < 1.29 is 17.9 Å². The Hall–Kier alpha value is -1.51. The van der Waals surface area contributed by atoms with Crippen molar-refractivity contribution in [3.05, 3.63) is 24.3 Å². The zero-order valence-corrected chi connectivity index (χ0v) is 17.0. The zero-order chi connectivity index (χ0) is 18.4. The lowest BCUT2D eigenvalue weighted by Crippen LogP contribution is -2.44. The van der Waals surface area contributed by atoms with Crippen LogP contribution in [0.15, 0.2) is 24.3 Å². The number of halogens is 1. The third kappa shape index (κ3) is 6.66. The van der Waals surface area contributed by atoms with Gasteiger partial charge in [0, 0.05) is 24.8 Å². The minimum atomic E-state index is -3.75. The molecule has 1 aliphatic rings. The minimum Gasteiger partial charge on any atom is -0.491 e. The van der Waals surface area contributed by atoms with Crippen molar-refractivity contribution in [3.8, 4) is 5.75 Å². The van der Waals surface area contributed by atoms with Gasteiger partial charge in [-0.25, -0.2) is 8.42 Å². The molecule has 1 saturated heterocycles. The first-order valence-electron chi connectivity index (χ1n) is 8.52. The quantitative estimate of drug-likeness (QED) is 0.689. The van der Waals surface area contributed by atoms with Crippen LogP contribution in [0.5, 0.6) is 5.75 Å². The van der Waals surface area contributed by atoms with Crippen molar-refractivity contribution in [3.63, 3.8) is 0 Å². The molecule has 1 aromatic carbocycles. The Morgan fingerprint density at radius 1 is 1.31 bits per heavy atom. The second-order valence-electron chi connectivity index (χ2n) is 6.49. The molecule has 2 N–H and O–H groups in total. The highest BCUT2D eigenvalue weighted by molar-refractivity contribution is 7.93. The van der Waals surface area contributed by atoms with Crippen molar-refractivity contribution >= 4 is 34.0 Å². The molecule has 0 saturated carbocycles. The molecule has 0 bridgehead atoms. The molecule has 0 aliphatic carbocycles. The van der Waals surface area contributed by atoms with E-state index in [1.54, 1.807) is 29.2 Å². The monoisotopic (exact) mass is 405 g/mol. The predicted molar refractivity (Wildman–Crippen MR) is 106 cm³/mol. The maximum Gasteiger partial charge on any atom is 0.241 e. The maximum absolute atomic E-state index is 12.4. The molecule has 7 nitrogen and oxygen atoms in total. The summed E-state index contributed by atoms with van der Waals surface area (Å²) in [7, 11) is -1.92. The number of sulfonamides is 1. The molecule has 0 radical (unpaired) electrons. The molecular formula is C17H28ClN3O4S. The highest BCUT2D eigenvalue weighted by Crippen LogP contribution is 2.19. The molecular weight excluding hydrogens is 378 g/mol. The van der Waals surface area contributed by atoms with Crippen molar-refractivity contribution in [2.45, 2.75) is 38.8 Å². The summed E-state index contributed by atoms with van der Waals surface area (Å²) in [6, 6.07) is 6.71. The Bertz CT molecular complexity index is 680. The second kappa shape index (κ2) is 9.99. The van der Waals surface area contributed by atoms with Crippen LogP contribution < -0.4 is 14.8 Å². The third-order valence-corrected chi connectivity index (χ3v) is 5.12. The van der Waals surface area contributed by atoms with Gasteiger partial charge in [0.05, 0.1) is 6.10 Å². The van der Waals surface area contributed by atoms with Gasteiger partial charge in [0.1, 0.15) is 11.5 Å². The summed E-state index contributed by atoms with van der Waals surface area (Å²) in [6.45, 7) is 5.13. The van der Waals surface area contributed by atoms with Gasteiger partial charge >= 0.3 is 0 Å². The molecule has 0 aromatic heterocycles. The number of amides is 1. The molecule has 0 spiro atoms. The van der Waals surface area contributed by atoms with Crippen LogP contribution in [0.1, 0.15) is 26.7 Å². The van der Waals surface area contributed by atoms with E-state index < -0.39 is 15.8 Å². The minimum absolute atomic E-state index is 0. The lowest BCUT2D eigenvalue weighted by Gasteiger charge is -2.24. The topological polar surface area (TPSA) is 87.7 Å². The number of anilines is 1. The Morgan fingerprint density at radius 3 is 2.54 bits per heavy atom. The van der Waals surface area contributed by atoms with Gasteiger partial charge in [-0.3, -0.25) is 9.52 Å². The molecule has 1 unspecified atom stereocenters. The van der Waals surface area contributed by atoms with Gasteiger partial charge in [-0.2, -0.15) is 0 Å². The predicted octanol–water partition coefficient (Wildman–Crippen LogP) is 1.85. The number of hydrogen-bond donors (Lipinski definition) is 2. The van der Waals surface area contributed by atoms with Gasteiger partial charge in [-0.15, -0.1) is 12.4 Å². The van der Waals surface area contributed by atoms with Crippen LogP contribution in [-0.2, 0) is 14.8 Å². The van der Waals surface area contributed by atoms with Gasteiger partial charge in [0.15, 0.2) is 0 Å². The molecule has 148 valence electrons. The average Bonchev–Trinajstić information content (AvgIpc) is 2.97. The Kier molecular flexibility index (Phi) is 8.66. The molecule has 2 rings (SSSR count). The highest BCUT2D eigenvalue weighted by atomic mass is 35.5. The normalized spacial score (nSPS) is 17.1. The molecule has 1 aromatic rings. The molecule has 26 heavy (non-hydrogen) atoms. The van der Waals surface area contributed by atoms with E-state index in [2.05, 4.69) is 10.0 Å². The largest absolute Gasteiger partial charge is 0.491 e. The molecule has 1 atom stereocenters. The first-order chi connectivity index (χ1) is 11.8. The lowest BCUT2D eigenvalue weighted by molar-refractivity contribution is -0.129. The van der Waals surface area contributed by atoms with Crippen LogP contribution in [0.4, 0.5) is 5.69 Å². The Labute approximate surface area is 161 Å². The van der Waals surface area contributed by atoms with E-state index in [0.717, 1.165) is 12.8 Å². The van der Waals surface area contributed by atoms with E-state index >= 15 is 0 Å². The number of likely N-dealkylation sites (N-methyl/N-ethyl adjacent to an activating group) is 1. The summed E-state index contributed by atoms with van der Waals surface area (Å²) in [4.78, 5) is 14.0. The van der Waals surface area contributed by atoms with Gasteiger partial charge in [0.2, 0.25) is 15.9 Å². The van der Waals surface area contributed by atoms with Crippen LogP contribution in [0, 0.1) is 0 Å². The second-order valence-corrected chi connectivity index (χ2v) is 8.22. The Balaban J connectivity index is 0.00000338. The number of benzene rings is 1. The average molecular weight is 406 g/mol. The van der Waals surface area contributed by atoms with E-state index in [-0.39, 0.29) is 30.5 Å². The number of carbonyl (C=O) groups is 1. The lowest BCUT2D eigenvalue weighted by atomic mass is 10.2. The fraction of sp³-hybridized carbons (Fsp3) is 0.588. The van der Waals surface area contributed by atoms with E-state index in [1.807, 2.05) is 20.9 Å². The molecule has 1 amide bonds. The van der Waals surface area contributed by atoms with Crippen LogP contribution >= 0.6 is 12.4 Å². The van der Waals surface area contributed by atoms with Gasteiger partial charge in [-0.1, -0.05) is 0 Å². The first-order valence-corrected chi connectivity index (χ1v) is 10.2. The van der Waals surface area contributed by atoms with Crippen LogP contribution in [0.2, 0.25) is 0 Å². The van der Waals surface area contributed by atoms with Gasteiger partial charge in [0.25, 0.3) is 0 Å². The van der Waals surface area contributed by atoms with Gasteiger partial charge < -0.3 is 15.0 Å². The van der Waals surface area contributed by atoms with E-state index in [4.69, 9.17) is 4.74 Å². The maximum atomic E-state index is 12.4.